The minimum Gasteiger partial charge on any atom is -0.352 e. The summed E-state index contributed by atoms with van der Waals surface area (Å²) in [5.41, 5.74) is 0.660. The molecular formula is C21H29N3O2S. The van der Waals surface area contributed by atoms with Gasteiger partial charge in [0.1, 0.15) is 0 Å². The number of carbonyl (C=O) groups excluding carboxylic acids is 1. The molecule has 1 aliphatic rings. The molecule has 0 bridgehead atoms. The maximum absolute atomic E-state index is 12.8. The van der Waals surface area contributed by atoms with Gasteiger partial charge in [-0.3, -0.25) is 14.2 Å². The molecule has 1 aromatic heterocycles. The zero-order chi connectivity index (χ0) is 19.4. The third-order valence-corrected chi connectivity index (χ3v) is 6.64. The molecule has 5 nitrogen and oxygen atoms in total. The lowest BCUT2D eigenvalue weighted by molar-refractivity contribution is -0.120. The number of para-hydroxylation sites is 1. The standard InChI is InChI=1S/C21H29N3O2S/c1-4-12-24-20(26)16-9-5-6-10-18(16)23-21(24)27-13-19(25)22-17-11-7-8-14(2)15(17)3/h5-6,9-10,14-15,17H,4,7-8,11-13H2,1-3H3,(H,22,25)/t14-,15-,17-/m0/s1. The van der Waals surface area contributed by atoms with Crippen LogP contribution in [0.1, 0.15) is 46.5 Å². The molecule has 1 aromatic carbocycles. The van der Waals surface area contributed by atoms with Gasteiger partial charge >= 0.3 is 0 Å². The molecule has 1 fully saturated rings. The predicted octanol–water partition coefficient (Wildman–Crippen LogP) is 3.84. The summed E-state index contributed by atoms with van der Waals surface area (Å²) in [6.45, 7) is 7.14. The Hall–Kier alpha value is -1.82. The van der Waals surface area contributed by atoms with Gasteiger partial charge in [-0.2, -0.15) is 0 Å². The minimum absolute atomic E-state index is 0.0245. The van der Waals surface area contributed by atoms with Crippen LogP contribution in [-0.4, -0.2) is 27.3 Å². The highest BCUT2D eigenvalue weighted by atomic mass is 32.2. The zero-order valence-corrected chi connectivity index (χ0v) is 17.2. The number of thioether (sulfide) groups is 1. The van der Waals surface area contributed by atoms with E-state index < -0.39 is 0 Å². The SMILES string of the molecule is CCCn1c(SCC(=O)N[C@H]2CCC[C@H](C)[C@@H]2C)nc2ccccc2c1=O. The number of amides is 1. The largest absolute Gasteiger partial charge is 0.352 e. The first kappa shape index (κ1) is 19.9. The minimum atomic E-state index is -0.0277. The summed E-state index contributed by atoms with van der Waals surface area (Å²) in [5.74, 6) is 1.46. The van der Waals surface area contributed by atoms with Gasteiger partial charge in [0.2, 0.25) is 5.91 Å². The van der Waals surface area contributed by atoms with Crippen LogP contribution in [-0.2, 0) is 11.3 Å². The zero-order valence-electron chi connectivity index (χ0n) is 16.4. The highest BCUT2D eigenvalue weighted by molar-refractivity contribution is 7.99. The van der Waals surface area contributed by atoms with E-state index in [4.69, 9.17) is 0 Å². The first-order valence-corrected chi connectivity index (χ1v) is 10.9. The molecule has 3 atom stereocenters. The van der Waals surface area contributed by atoms with Crippen molar-refractivity contribution < 1.29 is 4.79 Å². The average molecular weight is 388 g/mol. The summed E-state index contributed by atoms with van der Waals surface area (Å²) in [7, 11) is 0. The van der Waals surface area contributed by atoms with E-state index in [1.165, 1.54) is 24.6 Å². The second-order valence-electron chi connectivity index (χ2n) is 7.60. The van der Waals surface area contributed by atoms with Crippen LogP contribution in [0.2, 0.25) is 0 Å². The van der Waals surface area contributed by atoms with Gasteiger partial charge in [-0.05, 0) is 36.8 Å². The fourth-order valence-corrected chi connectivity index (χ4v) is 4.68. The lowest BCUT2D eigenvalue weighted by Gasteiger charge is -2.34. The second-order valence-corrected chi connectivity index (χ2v) is 8.54. The summed E-state index contributed by atoms with van der Waals surface area (Å²) in [4.78, 5) is 29.9. The average Bonchev–Trinajstić information content (AvgIpc) is 2.66. The van der Waals surface area contributed by atoms with E-state index in [1.54, 1.807) is 4.57 Å². The molecule has 0 unspecified atom stereocenters. The van der Waals surface area contributed by atoms with E-state index in [2.05, 4.69) is 24.1 Å². The lowest BCUT2D eigenvalue weighted by Crippen LogP contribution is -2.44. The van der Waals surface area contributed by atoms with Crippen LogP contribution >= 0.6 is 11.8 Å². The number of rotatable bonds is 6. The topological polar surface area (TPSA) is 64.0 Å². The Morgan fingerprint density at radius 2 is 2.07 bits per heavy atom. The summed E-state index contributed by atoms with van der Waals surface area (Å²) >= 11 is 1.35. The highest BCUT2D eigenvalue weighted by Crippen LogP contribution is 2.29. The van der Waals surface area contributed by atoms with Gasteiger partial charge in [0, 0.05) is 12.6 Å². The van der Waals surface area contributed by atoms with Crippen LogP contribution in [0.5, 0.6) is 0 Å². The molecule has 27 heavy (non-hydrogen) atoms. The van der Waals surface area contributed by atoms with E-state index in [0.717, 1.165) is 12.8 Å². The van der Waals surface area contributed by atoms with Crippen molar-refractivity contribution in [2.24, 2.45) is 11.8 Å². The maximum Gasteiger partial charge on any atom is 0.262 e. The Morgan fingerprint density at radius 3 is 2.85 bits per heavy atom. The van der Waals surface area contributed by atoms with Gasteiger partial charge in [-0.25, -0.2) is 4.98 Å². The van der Waals surface area contributed by atoms with E-state index in [0.29, 0.717) is 34.4 Å². The molecule has 3 rings (SSSR count). The summed E-state index contributed by atoms with van der Waals surface area (Å²) in [6, 6.07) is 7.65. The number of nitrogens with one attached hydrogen (secondary N) is 1. The summed E-state index contributed by atoms with van der Waals surface area (Å²) < 4.78 is 1.70. The Morgan fingerprint density at radius 1 is 1.30 bits per heavy atom. The predicted molar refractivity (Wildman–Crippen MR) is 111 cm³/mol. The van der Waals surface area contributed by atoms with Crippen LogP contribution in [0.25, 0.3) is 10.9 Å². The highest BCUT2D eigenvalue weighted by Gasteiger charge is 2.28. The monoisotopic (exact) mass is 387 g/mol. The Labute approximate surface area is 164 Å². The Kier molecular flexibility index (Phi) is 6.58. The van der Waals surface area contributed by atoms with Crippen LogP contribution < -0.4 is 10.9 Å². The van der Waals surface area contributed by atoms with Crippen LogP contribution in [0, 0.1) is 11.8 Å². The smallest absolute Gasteiger partial charge is 0.262 e. The molecule has 6 heteroatoms. The van der Waals surface area contributed by atoms with Gasteiger partial charge in [-0.15, -0.1) is 0 Å². The molecular weight excluding hydrogens is 358 g/mol. The number of benzene rings is 1. The lowest BCUT2D eigenvalue weighted by atomic mass is 9.78. The first-order valence-electron chi connectivity index (χ1n) is 9.93. The summed E-state index contributed by atoms with van der Waals surface area (Å²) in [6.07, 6.45) is 4.31. The molecule has 0 spiro atoms. The molecule has 2 aromatic rings. The van der Waals surface area contributed by atoms with Crippen molar-refractivity contribution in [3.05, 3.63) is 34.6 Å². The number of nitrogens with zero attached hydrogens (tertiary/aromatic N) is 2. The van der Waals surface area contributed by atoms with Gasteiger partial charge in [0.25, 0.3) is 5.56 Å². The van der Waals surface area contributed by atoms with Crippen LogP contribution in [0.15, 0.2) is 34.2 Å². The fraction of sp³-hybridized carbons (Fsp3) is 0.571. The maximum atomic E-state index is 12.8. The first-order chi connectivity index (χ1) is 13.0. The number of hydrogen-bond acceptors (Lipinski definition) is 4. The van der Waals surface area contributed by atoms with Crippen molar-refractivity contribution in [2.75, 3.05) is 5.75 Å². The van der Waals surface area contributed by atoms with Gasteiger partial charge < -0.3 is 5.32 Å². The third-order valence-electron chi connectivity index (χ3n) is 5.66. The quantitative estimate of drug-likeness (QED) is 0.604. The molecule has 0 aliphatic heterocycles. The van der Waals surface area contributed by atoms with E-state index in [9.17, 15) is 9.59 Å². The second kappa shape index (κ2) is 8.91. The van der Waals surface area contributed by atoms with Gasteiger partial charge in [0.15, 0.2) is 5.16 Å². The van der Waals surface area contributed by atoms with Crippen molar-refractivity contribution in [3.8, 4) is 0 Å². The van der Waals surface area contributed by atoms with E-state index >= 15 is 0 Å². The Bertz CT molecular complexity index is 864. The summed E-state index contributed by atoms with van der Waals surface area (Å²) in [5, 5.41) is 4.45. The molecule has 1 heterocycles. The van der Waals surface area contributed by atoms with Crippen LogP contribution in [0.4, 0.5) is 0 Å². The van der Waals surface area contributed by atoms with Gasteiger partial charge in [0.05, 0.1) is 16.7 Å². The van der Waals surface area contributed by atoms with Crippen molar-refractivity contribution in [3.63, 3.8) is 0 Å². The van der Waals surface area contributed by atoms with Gasteiger partial charge in [-0.1, -0.05) is 57.5 Å². The molecule has 1 N–H and O–H groups in total. The number of aromatic nitrogens is 2. The molecule has 1 saturated carbocycles. The van der Waals surface area contributed by atoms with Crippen LogP contribution in [0.3, 0.4) is 0 Å². The normalized spacial score (nSPS) is 22.7. The fourth-order valence-electron chi connectivity index (χ4n) is 3.84. The third kappa shape index (κ3) is 4.54. The van der Waals surface area contributed by atoms with Crippen molar-refractivity contribution >= 4 is 28.6 Å². The molecule has 0 radical (unpaired) electrons. The molecule has 0 saturated heterocycles. The Balaban J connectivity index is 1.73. The van der Waals surface area contributed by atoms with Crippen molar-refractivity contribution in [1.82, 2.24) is 14.9 Å². The number of carbonyl (C=O) groups is 1. The van der Waals surface area contributed by atoms with Crippen molar-refractivity contribution in [2.45, 2.75) is 64.2 Å². The van der Waals surface area contributed by atoms with E-state index in [-0.39, 0.29) is 23.3 Å². The van der Waals surface area contributed by atoms with E-state index in [1.807, 2.05) is 31.2 Å². The molecule has 1 amide bonds. The number of hydrogen-bond donors (Lipinski definition) is 1. The number of fused-ring (bicyclic) bond motifs is 1. The molecule has 146 valence electrons. The molecule has 1 aliphatic carbocycles. The van der Waals surface area contributed by atoms with Crippen molar-refractivity contribution in [1.29, 1.82) is 0 Å².